The van der Waals surface area contributed by atoms with Gasteiger partial charge in [-0.1, -0.05) is 18.6 Å². The first-order chi connectivity index (χ1) is 19.9. The van der Waals surface area contributed by atoms with E-state index in [1.807, 2.05) is 23.1 Å². The fourth-order valence-electron chi connectivity index (χ4n) is 6.29. The Labute approximate surface area is 270 Å². The lowest BCUT2D eigenvalue weighted by molar-refractivity contribution is -0.143. The van der Waals surface area contributed by atoms with E-state index in [-0.39, 0.29) is 12.0 Å². The van der Waals surface area contributed by atoms with Gasteiger partial charge >= 0.3 is 5.97 Å². The number of nitrogens with zero attached hydrogens (tertiary/aromatic N) is 3. The molecule has 224 valence electrons. The third-order valence-electron chi connectivity index (χ3n) is 8.62. The molecule has 2 saturated heterocycles. The standard InChI is InChI=1S/C31H40FI2N3O4/c32-28(6-2-1-5-25-10-8-21-4-3-14-37(34)30(21)35-25)22-11-15-36(19-22)29(31(38)39)27-18-24(33)9-7-23(27)20-41-26-12-16-40-17-13-26/h7-10,18,22,26,28-29H,1-6,11-17,19-20H2,(H,38,39)/t22?,28-,29-/m0/s1. The number of aliphatic carboxylic acids is 1. The van der Waals surface area contributed by atoms with Crippen LogP contribution in [0.5, 0.6) is 0 Å². The number of halogens is 3. The molecule has 7 nitrogen and oxygen atoms in total. The van der Waals surface area contributed by atoms with E-state index >= 15 is 4.39 Å². The van der Waals surface area contributed by atoms with Gasteiger partial charge in [0.15, 0.2) is 0 Å². The monoisotopic (exact) mass is 791 g/mol. The van der Waals surface area contributed by atoms with Crippen LogP contribution in [0.4, 0.5) is 10.2 Å². The van der Waals surface area contributed by atoms with E-state index in [1.165, 1.54) is 5.56 Å². The molecule has 0 spiro atoms. The molecule has 41 heavy (non-hydrogen) atoms. The molecule has 1 aromatic carbocycles. The SMILES string of the molecule is O=C(O)[C@H](c1cc(I)ccc1COC1CCOCC1)N1CCC([C@@H](F)CCCCc2ccc3c(n2)N(I)CCC3)C1. The Morgan fingerprint density at radius 2 is 2.00 bits per heavy atom. The second kappa shape index (κ2) is 15.1. The number of alkyl halides is 1. The van der Waals surface area contributed by atoms with Gasteiger partial charge in [-0.25, -0.2) is 9.37 Å². The molecule has 1 N–H and O–H groups in total. The molecule has 5 rings (SSSR count). The Hall–Kier alpha value is -1.09. The van der Waals surface area contributed by atoms with Gasteiger partial charge in [-0.2, -0.15) is 0 Å². The number of aryl methyl sites for hydroxylation is 2. The molecule has 3 aliphatic heterocycles. The molecule has 1 unspecified atom stereocenters. The highest BCUT2D eigenvalue weighted by atomic mass is 127. The summed E-state index contributed by atoms with van der Waals surface area (Å²) in [5.41, 5.74) is 4.04. The average molecular weight is 791 g/mol. The van der Waals surface area contributed by atoms with E-state index in [4.69, 9.17) is 14.5 Å². The number of likely N-dealkylation sites (tertiary alicyclic amines) is 1. The van der Waals surface area contributed by atoms with Crippen LogP contribution < -0.4 is 3.11 Å². The van der Waals surface area contributed by atoms with Gasteiger partial charge in [0.25, 0.3) is 0 Å². The quantitative estimate of drug-likeness (QED) is 0.146. The van der Waals surface area contributed by atoms with Crippen LogP contribution in [0, 0.1) is 9.49 Å². The van der Waals surface area contributed by atoms with Gasteiger partial charge in [0.05, 0.1) is 35.6 Å². The van der Waals surface area contributed by atoms with Crippen molar-refractivity contribution in [3.63, 3.8) is 0 Å². The molecule has 0 radical (unpaired) electrons. The first-order valence-electron chi connectivity index (χ1n) is 14.9. The number of carboxylic acids is 1. The first kappa shape index (κ1) is 31.3. The summed E-state index contributed by atoms with van der Waals surface area (Å²) in [6.07, 6.45) is 6.91. The van der Waals surface area contributed by atoms with Gasteiger partial charge in [-0.05, 0) is 115 Å². The minimum Gasteiger partial charge on any atom is -0.480 e. The zero-order chi connectivity index (χ0) is 28.8. The van der Waals surface area contributed by atoms with Gasteiger partial charge < -0.3 is 14.6 Å². The fraction of sp³-hybridized carbons (Fsp3) is 0.613. The number of hydrogen-bond acceptors (Lipinski definition) is 6. The van der Waals surface area contributed by atoms with Crippen LogP contribution in [0.2, 0.25) is 0 Å². The topological polar surface area (TPSA) is 75.1 Å². The zero-order valence-corrected chi connectivity index (χ0v) is 27.8. The summed E-state index contributed by atoms with van der Waals surface area (Å²) in [5, 5.41) is 10.3. The number of fused-ring (bicyclic) bond motifs is 1. The van der Waals surface area contributed by atoms with Crippen LogP contribution in [-0.2, 0) is 33.7 Å². The highest BCUT2D eigenvalue weighted by molar-refractivity contribution is 14.1. The molecular formula is C31H40FI2N3O4. The zero-order valence-electron chi connectivity index (χ0n) is 23.5. The van der Waals surface area contributed by atoms with Gasteiger partial charge in [0.2, 0.25) is 0 Å². The summed E-state index contributed by atoms with van der Waals surface area (Å²) in [6.45, 7) is 3.84. The second-order valence-corrected chi connectivity index (χ2v) is 13.9. The Morgan fingerprint density at radius 1 is 1.17 bits per heavy atom. The molecule has 0 amide bonds. The van der Waals surface area contributed by atoms with Crippen LogP contribution in [0.3, 0.4) is 0 Å². The van der Waals surface area contributed by atoms with Crippen molar-refractivity contribution < 1.29 is 23.8 Å². The summed E-state index contributed by atoms with van der Waals surface area (Å²) >= 11 is 4.57. The van der Waals surface area contributed by atoms with Gasteiger partial charge in [0, 0.05) is 41.5 Å². The number of aromatic nitrogens is 1. The number of unbranched alkanes of at least 4 members (excludes halogenated alkanes) is 1. The minimum atomic E-state index is -0.928. The third kappa shape index (κ3) is 8.30. The Bertz CT molecular complexity index is 1180. The molecule has 1 aromatic heterocycles. The Balaban J connectivity index is 1.14. The summed E-state index contributed by atoms with van der Waals surface area (Å²) in [5.74, 6) is 0.0529. The van der Waals surface area contributed by atoms with E-state index in [2.05, 4.69) is 60.7 Å². The number of pyridine rings is 1. The average Bonchev–Trinajstić information content (AvgIpc) is 3.45. The van der Waals surface area contributed by atoms with Crippen molar-refractivity contribution >= 4 is 57.2 Å². The lowest BCUT2D eigenvalue weighted by Crippen LogP contribution is -2.34. The maximum absolute atomic E-state index is 15.4. The first-order valence-corrected chi connectivity index (χ1v) is 16.9. The van der Waals surface area contributed by atoms with Crippen LogP contribution in [0.25, 0.3) is 0 Å². The highest BCUT2D eigenvalue weighted by Gasteiger charge is 2.37. The predicted molar refractivity (Wildman–Crippen MR) is 174 cm³/mol. The summed E-state index contributed by atoms with van der Waals surface area (Å²) < 4.78 is 30.2. The molecule has 4 heterocycles. The fourth-order valence-corrected chi connectivity index (χ4v) is 7.56. The van der Waals surface area contributed by atoms with Crippen LogP contribution in [0.15, 0.2) is 30.3 Å². The third-order valence-corrected chi connectivity index (χ3v) is 10.2. The molecule has 0 bridgehead atoms. The maximum Gasteiger partial charge on any atom is 0.325 e. The van der Waals surface area contributed by atoms with E-state index in [9.17, 15) is 9.90 Å². The lowest BCUT2D eigenvalue weighted by Gasteiger charge is -2.28. The molecule has 0 aliphatic carbocycles. The molecule has 2 fully saturated rings. The molecule has 0 saturated carbocycles. The van der Waals surface area contributed by atoms with Crippen molar-refractivity contribution in [3.8, 4) is 0 Å². The van der Waals surface area contributed by atoms with Crippen LogP contribution >= 0.6 is 45.5 Å². The maximum atomic E-state index is 15.4. The van der Waals surface area contributed by atoms with E-state index in [0.717, 1.165) is 77.7 Å². The Kier molecular flexibility index (Phi) is 11.5. The molecule has 2 aromatic rings. The van der Waals surface area contributed by atoms with Crippen molar-refractivity contribution in [2.45, 2.75) is 82.7 Å². The number of benzene rings is 1. The molecule has 3 aliphatic rings. The minimum absolute atomic E-state index is 0.131. The molecule has 3 atom stereocenters. The Morgan fingerprint density at radius 3 is 2.80 bits per heavy atom. The van der Waals surface area contributed by atoms with Crippen LogP contribution in [0.1, 0.15) is 73.4 Å². The summed E-state index contributed by atoms with van der Waals surface area (Å²) in [4.78, 5) is 19.4. The van der Waals surface area contributed by atoms with E-state index in [1.54, 1.807) is 0 Å². The van der Waals surface area contributed by atoms with Gasteiger partial charge in [-0.15, -0.1) is 0 Å². The number of hydrogen-bond donors (Lipinski definition) is 1. The number of ether oxygens (including phenoxy) is 2. The van der Waals surface area contributed by atoms with E-state index < -0.39 is 18.2 Å². The number of carbonyl (C=O) groups is 1. The lowest BCUT2D eigenvalue weighted by atomic mass is 9.97. The van der Waals surface area contributed by atoms with Crippen molar-refractivity contribution in [1.82, 2.24) is 9.88 Å². The summed E-state index contributed by atoms with van der Waals surface area (Å²) in [6, 6.07) is 9.44. The summed E-state index contributed by atoms with van der Waals surface area (Å²) in [7, 11) is 0. The highest BCUT2D eigenvalue weighted by Crippen LogP contribution is 2.35. The van der Waals surface area contributed by atoms with Crippen molar-refractivity contribution in [3.05, 3.63) is 56.3 Å². The second-order valence-electron chi connectivity index (χ2n) is 11.5. The smallest absolute Gasteiger partial charge is 0.325 e. The number of rotatable bonds is 12. The molecule has 10 heteroatoms. The number of carboxylic acid groups (broad SMARTS) is 1. The van der Waals surface area contributed by atoms with Crippen LogP contribution in [-0.4, -0.2) is 66.1 Å². The van der Waals surface area contributed by atoms with Gasteiger partial charge in [0.1, 0.15) is 18.0 Å². The van der Waals surface area contributed by atoms with Crippen molar-refractivity contribution in [2.24, 2.45) is 5.92 Å². The molecular weight excluding hydrogens is 751 g/mol. The van der Waals surface area contributed by atoms with Gasteiger partial charge in [-0.3, -0.25) is 12.8 Å². The number of anilines is 1. The predicted octanol–water partition coefficient (Wildman–Crippen LogP) is 6.68. The largest absolute Gasteiger partial charge is 0.480 e. The normalized spacial score (nSPS) is 21.5. The van der Waals surface area contributed by atoms with E-state index in [0.29, 0.717) is 45.8 Å². The van der Waals surface area contributed by atoms with Crippen molar-refractivity contribution in [1.29, 1.82) is 0 Å². The van der Waals surface area contributed by atoms with Crippen molar-refractivity contribution in [2.75, 3.05) is 36.0 Å².